The van der Waals surface area contributed by atoms with Crippen LogP contribution in [-0.4, -0.2) is 13.6 Å². The topological polar surface area (TPSA) is 62.1 Å². The average Bonchev–Trinajstić information content (AvgIpc) is 2.00. The Morgan fingerprint density at radius 1 is 1.36 bits per heavy atom. The van der Waals surface area contributed by atoms with Gasteiger partial charge in [0.2, 0.25) is 0 Å². The van der Waals surface area contributed by atoms with E-state index in [1.807, 2.05) is 6.92 Å². The van der Waals surface area contributed by atoms with Crippen molar-refractivity contribution in [1.29, 1.82) is 0 Å². The van der Waals surface area contributed by atoms with E-state index in [-0.39, 0.29) is 0 Å². The van der Waals surface area contributed by atoms with Crippen LogP contribution in [-0.2, 0) is 0 Å². The normalized spacial score (nSPS) is 12.7. The Bertz CT molecular complexity index is 130. The second-order valence-electron chi connectivity index (χ2n) is 2.44. The molecule has 0 saturated heterocycles. The quantitative estimate of drug-likeness (QED) is 0.420. The van der Waals surface area contributed by atoms with Gasteiger partial charge in [0, 0.05) is 12.7 Å². The number of rotatable bonds is 5. The molecule has 0 unspecified atom stereocenters. The van der Waals surface area contributed by atoms with E-state index in [1.54, 1.807) is 7.05 Å². The maximum atomic E-state index is 5.40. The summed E-state index contributed by atoms with van der Waals surface area (Å²) in [5, 5.41) is 0. The van der Waals surface area contributed by atoms with Crippen LogP contribution < -0.4 is 22.1 Å². The van der Waals surface area contributed by atoms with Gasteiger partial charge in [-0.25, -0.2) is 5.43 Å². The lowest BCUT2D eigenvalue weighted by Gasteiger charge is -2.10. The lowest BCUT2D eigenvalue weighted by molar-refractivity contribution is 0.517. The molecule has 11 heavy (non-hydrogen) atoms. The van der Waals surface area contributed by atoms with Crippen LogP contribution in [0, 0.1) is 0 Å². The molecular weight excluding hydrogens is 140 g/mol. The Labute approximate surface area is 68.2 Å². The Hall–Kier alpha value is -0.580. The van der Waals surface area contributed by atoms with Crippen LogP contribution in [0.2, 0.25) is 0 Å². The summed E-state index contributed by atoms with van der Waals surface area (Å²) in [5.74, 6) is 0. The highest BCUT2D eigenvalue weighted by Crippen LogP contribution is 2.01. The zero-order valence-corrected chi connectivity index (χ0v) is 7.49. The van der Waals surface area contributed by atoms with Gasteiger partial charge in [0.15, 0.2) is 0 Å². The van der Waals surface area contributed by atoms with Crippen LogP contribution >= 0.6 is 0 Å². The lowest BCUT2D eigenvalue weighted by Crippen LogP contribution is -2.39. The van der Waals surface area contributed by atoms with Crippen molar-refractivity contribution in [2.45, 2.75) is 20.3 Å². The highest BCUT2D eigenvalue weighted by atomic mass is 15.6. The molecule has 0 rings (SSSR count). The molecular formula is C7H18N4. The van der Waals surface area contributed by atoms with Crippen molar-refractivity contribution in [2.75, 3.05) is 13.6 Å². The summed E-state index contributed by atoms with van der Waals surface area (Å²) in [6, 6.07) is 0. The predicted molar refractivity (Wildman–Crippen MR) is 47.4 cm³/mol. The number of hydrogen-bond acceptors (Lipinski definition) is 4. The van der Waals surface area contributed by atoms with Crippen molar-refractivity contribution in [3.05, 3.63) is 11.3 Å². The van der Waals surface area contributed by atoms with E-state index in [9.17, 15) is 0 Å². The fourth-order valence-corrected chi connectivity index (χ4v) is 0.667. The molecule has 0 aromatic rings. The summed E-state index contributed by atoms with van der Waals surface area (Å²) >= 11 is 0. The summed E-state index contributed by atoms with van der Waals surface area (Å²) in [6.45, 7) is 4.77. The highest BCUT2D eigenvalue weighted by molar-refractivity contribution is 5.06. The van der Waals surface area contributed by atoms with Crippen molar-refractivity contribution < 1.29 is 0 Å². The van der Waals surface area contributed by atoms with Gasteiger partial charge in [0.1, 0.15) is 0 Å². The van der Waals surface area contributed by atoms with Gasteiger partial charge in [0.25, 0.3) is 0 Å². The molecule has 0 bridgehead atoms. The third-order valence-corrected chi connectivity index (χ3v) is 1.53. The molecule has 0 aliphatic rings. The molecule has 0 atom stereocenters. The van der Waals surface area contributed by atoms with E-state index < -0.39 is 0 Å². The maximum Gasteiger partial charge on any atom is 0.0234 e. The van der Waals surface area contributed by atoms with Gasteiger partial charge in [-0.3, -0.25) is 0 Å². The zero-order valence-electron chi connectivity index (χ0n) is 7.49. The molecule has 0 spiro atoms. The lowest BCUT2D eigenvalue weighted by atomic mass is 10.2. The molecule has 0 fully saturated rings. The van der Waals surface area contributed by atoms with E-state index in [1.165, 1.54) is 5.57 Å². The molecule has 4 heteroatoms. The van der Waals surface area contributed by atoms with Gasteiger partial charge in [-0.15, -0.1) is 0 Å². The molecule has 0 amide bonds. The van der Waals surface area contributed by atoms with E-state index >= 15 is 0 Å². The van der Waals surface area contributed by atoms with Crippen molar-refractivity contribution >= 4 is 0 Å². The van der Waals surface area contributed by atoms with Crippen LogP contribution in [0.3, 0.4) is 0 Å². The summed E-state index contributed by atoms with van der Waals surface area (Å²) < 4.78 is 0. The third kappa shape index (κ3) is 4.78. The summed E-state index contributed by atoms with van der Waals surface area (Å²) in [7, 11) is 1.80. The Morgan fingerprint density at radius 2 is 2.00 bits per heavy atom. The summed E-state index contributed by atoms with van der Waals surface area (Å²) in [6.07, 6.45) is 0.935. The zero-order chi connectivity index (χ0) is 8.69. The average molecular weight is 158 g/mol. The number of allylic oxidation sites excluding steroid dienone is 1. The fourth-order valence-electron chi connectivity index (χ4n) is 0.667. The first-order valence-electron chi connectivity index (χ1n) is 3.76. The molecule has 0 aromatic heterocycles. The molecule has 0 aliphatic heterocycles. The van der Waals surface area contributed by atoms with Crippen molar-refractivity contribution in [1.82, 2.24) is 16.4 Å². The van der Waals surface area contributed by atoms with E-state index in [2.05, 4.69) is 23.3 Å². The van der Waals surface area contributed by atoms with Crippen molar-refractivity contribution in [2.24, 2.45) is 5.73 Å². The summed E-state index contributed by atoms with van der Waals surface area (Å²) in [4.78, 5) is 0. The van der Waals surface area contributed by atoms with Gasteiger partial charge in [-0.05, 0) is 26.8 Å². The second-order valence-corrected chi connectivity index (χ2v) is 2.44. The Balaban J connectivity index is 3.73. The van der Waals surface area contributed by atoms with Gasteiger partial charge >= 0.3 is 0 Å². The monoisotopic (exact) mass is 158 g/mol. The van der Waals surface area contributed by atoms with Crippen LogP contribution in [0.1, 0.15) is 20.3 Å². The Morgan fingerprint density at radius 3 is 2.45 bits per heavy atom. The minimum Gasteiger partial charge on any atom is -0.330 e. The molecule has 4 nitrogen and oxygen atoms in total. The van der Waals surface area contributed by atoms with Gasteiger partial charge < -0.3 is 11.2 Å². The molecule has 0 aliphatic carbocycles. The van der Waals surface area contributed by atoms with Crippen LogP contribution in [0.15, 0.2) is 11.3 Å². The van der Waals surface area contributed by atoms with Crippen LogP contribution in [0.5, 0.6) is 0 Å². The Kier molecular flexibility index (Phi) is 5.83. The van der Waals surface area contributed by atoms with Gasteiger partial charge in [0.05, 0.1) is 0 Å². The third-order valence-electron chi connectivity index (χ3n) is 1.53. The molecule has 66 valence electrons. The first kappa shape index (κ1) is 10.4. The van der Waals surface area contributed by atoms with Crippen LogP contribution in [0.25, 0.3) is 0 Å². The van der Waals surface area contributed by atoms with Crippen molar-refractivity contribution in [3.63, 3.8) is 0 Å². The maximum absolute atomic E-state index is 5.40. The number of nitrogens with one attached hydrogen (secondary N) is 3. The molecule has 5 N–H and O–H groups in total. The smallest absolute Gasteiger partial charge is 0.0234 e. The SMILES string of the molecule is CNNN/C(C)=C(/C)CCN. The second kappa shape index (κ2) is 6.15. The van der Waals surface area contributed by atoms with Crippen molar-refractivity contribution in [3.8, 4) is 0 Å². The number of nitrogens with two attached hydrogens (primary N) is 1. The van der Waals surface area contributed by atoms with Crippen LogP contribution in [0.4, 0.5) is 0 Å². The van der Waals surface area contributed by atoms with E-state index in [0.717, 1.165) is 12.1 Å². The molecule has 0 radical (unpaired) electrons. The standard InChI is InChI=1S/C7H18N4/c1-6(4-5-8)7(2)10-11-9-3/h9-11H,4-5,8H2,1-3H3/b7-6-. The largest absolute Gasteiger partial charge is 0.330 e. The molecule has 0 saturated carbocycles. The molecule has 0 heterocycles. The number of hydrazine groups is 2. The predicted octanol–water partition coefficient (Wildman–Crippen LogP) is -0.142. The van der Waals surface area contributed by atoms with E-state index in [0.29, 0.717) is 6.54 Å². The van der Waals surface area contributed by atoms with Gasteiger partial charge in [-0.2, -0.15) is 5.53 Å². The summed E-state index contributed by atoms with van der Waals surface area (Å²) in [5.41, 5.74) is 16.3. The van der Waals surface area contributed by atoms with E-state index in [4.69, 9.17) is 5.73 Å². The minimum atomic E-state index is 0.699. The highest BCUT2D eigenvalue weighted by Gasteiger charge is 1.93. The van der Waals surface area contributed by atoms with Gasteiger partial charge in [-0.1, -0.05) is 5.57 Å². The first-order chi connectivity index (χ1) is 5.22. The fraction of sp³-hybridized carbons (Fsp3) is 0.714. The number of hydrogen-bond donors (Lipinski definition) is 4. The molecule has 0 aromatic carbocycles. The minimum absolute atomic E-state index is 0.699. The first-order valence-corrected chi connectivity index (χ1v) is 3.76.